The molecular weight excluding hydrogens is 202 g/mol. The average Bonchev–Trinajstić information content (AvgIpc) is 2.61. The number of nitrogens with zero attached hydrogens (tertiary/aromatic N) is 2. The van der Waals surface area contributed by atoms with Crippen LogP contribution in [0, 0.1) is 0 Å². The van der Waals surface area contributed by atoms with Crippen LogP contribution in [0.1, 0.15) is 44.5 Å². The van der Waals surface area contributed by atoms with Gasteiger partial charge in [0.2, 0.25) is 0 Å². The van der Waals surface area contributed by atoms with E-state index in [1.165, 1.54) is 4.52 Å². The maximum Gasteiger partial charge on any atom is 0.271 e. The number of aryl methyl sites for hydroxylation is 1. The molecule has 0 atom stereocenters. The standard InChI is InChI=1S/C12H17N3O/c1-4-5-10-13-11-6-9(8(2)3)7-12(16)15(11)14-10/h6-8H,4-5H2,1-3H3,(H,13,14). The van der Waals surface area contributed by atoms with Gasteiger partial charge < -0.3 is 0 Å². The summed E-state index contributed by atoms with van der Waals surface area (Å²) >= 11 is 0. The van der Waals surface area contributed by atoms with Crippen LogP contribution in [0.2, 0.25) is 0 Å². The highest BCUT2D eigenvalue weighted by atomic mass is 16.1. The van der Waals surface area contributed by atoms with Gasteiger partial charge in [-0.2, -0.15) is 0 Å². The number of hydrogen-bond acceptors (Lipinski definition) is 2. The second-order valence-corrected chi connectivity index (χ2v) is 4.40. The van der Waals surface area contributed by atoms with E-state index in [0.717, 1.165) is 29.9 Å². The van der Waals surface area contributed by atoms with Gasteiger partial charge in [-0.1, -0.05) is 20.8 Å². The highest BCUT2D eigenvalue weighted by Gasteiger charge is 2.07. The molecule has 0 spiro atoms. The van der Waals surface area contributed by atoms with Crippen molar-refractivity contribution in [3.63, 3.8) is 0 Å². The first-order valence-electron chi connectivity index (χ1n) is 5.73. The highest BCUT2D eigenvalue weighted by Crippen LogP contribution is 2.13. The molecule has 2 heterocycles. The first kappa shape index (κ1) is 10.9. The van der Waals surface area contributed by atoms with E-state index in [2.05, 4.69) is 30.9 Å². The number of nitrogens with one attached hydrogen (secondary N) is 1. The number of aromatic amines is 1. The quantitative estimate of drug-likeness (QED) is 0.859. The highest BCUT2D eigenvalue weighted by molar-refractivity contribution is 5.41. The lowest BCUT2D eigenvalue weighted by Gasteiger charge is -2.03. The lowest BCUT2D eigenvalue weighted by Crippen LogP contribution is -2.14. The second kappa shape index (κ2) is 4.12. The van der Waals surface area contributed by atoms with Crippen molar-refractivity contribution in [3.05, 3.63) is 33.9 Å². The zero-order chi connectivity index (χ0) is 11.7. The molecule has 0 aromatic carbocycles. The van der Waals surface area contributed by atoms with Gasteiger partial charge in [-0.25, -0.2) is 9.50 Å². The Balaban J connectivity index is 2.59. The number of pyridine rings is 1. The first-order chi connectivity index (χ1) is 7.61. The molecule has 0 bridgehead atoms. The maximum atomic E-state index is 11.8. The van der Waals surface area contributed by atoms with E-state index in [1.807, 2.05) is 6.07 Å². The van der Waals surface area contributed by atoms with Gasteiger partial charge in [-0.15, -0.1) is 0 Å². The van der Waals surface area contributed by atoms with Gasteiger partial charge in [-0.3, -0.25) is 9.89 Å². The summed E-state index contributed by atoms with van der Waals surface area (Å²) in [6.45, 7) is 6.24. The summed E-state index contributed by atoms with van der Waals surface area (Å²) < 4.78 is 1.51. The molecule has 0 aliphatic heterocycles. The Morgan fingerprint density at radius 1 is 1.44 bits per heavy atom. The molecule has 0 radical (unpaired) electrons. The fraction of sp³-hybridized carbons (Fsp3) is 0.500. The Morgan fingerprint density at radius 3 is 2.81 bits per heavy atom. The summed E-state index contributed by atoms with van der Waals surface area (Å²) in [7, 11) is 0. The lowest BCUT2D eigenvalue weighted by atomic mass is 10.1. The van der Waals surface area contributed by atoms with Crippen LogP contribution in [-0.2, 0) is 6.42 Å². The summed E-state index contributed by atoms with van der Waals surface area (Å²) in [4.78, 5) is 16.2. The van der Waals surface area contributed by atoms with Crippen molar-refractivity contribution in [1.82, 2.24) is 14.6 Å². The van der Waals surface area contributed by atoms with Gasteiger partial charge >= 0.3 is 0 Å². The van der Waals surface area contributed by atoms with E-state index >= 15 is 0 Å². The molecule has 1 N–H and O–H groups in total. The van der Waals surface area contributed by atoms with Crippen molar-refractivity contribution in [2.24, 2.45) is 0 Å². The third-order valence-electron chi connectivity index (χ3n) is 2.68. The normalized spacial score (nSPS) is 11.5. The fourth-order valence-electron chi connectivity index (χ4n) is 1.74. The summed E-state index contributed by atoms with van der Waals surface area (Å²) in [5.41, 5.74) is 1.73. The topological polar surface area (TPSA) is 50.2 Å². The molecule has 0 saturated heterocycles. The SMILES string of the molecule is CCCc1nc2cc(C(C)C)cc(=O)n2[nH]1. The van der Waals surface area contributed by atoms with Crippen molar-refractivity contribution in [2.45, 2.75) is 39.5 Å². The minimum atomic E-state index is -0.0314. The van der Waals surface area contributed by atoms with Gasteiger partial charge in [0.25, 0.3) is 5.56 Å². The molecule has 4 nitrogen and oxygen atoms in total. The fourth-order valence-corrected chi connectivity index (χ4v) is 1.74. The Bertz CT molecular complexity index is 551. The molecular formula is C12H17N3O. The molecule has 2 aromatic heterocycles. The average molecular weight is 219 g/mol. The zero-order valence-electron chi connectivity index (χ0n) is 9.95. The van der Waals surface area contributed by atoms with E-state index in [1.54, 1.807) is 6.07 Å². The van der Waals surface area contributed by atoms with Gasteiger partial charge in [0.05, 0.1) is 0 Å². The summed E-state index contributed by atoms with van der Waals surface area (Å²) in [5, 5.41) is 3.02. The van der Waals surface area contributed by atoms with E-state index in [-0.39, 0.29) is 5.56 Å². The van der Waals surface area contributed by atoms with Crippen LogP contribution in [0.15, 0.2) is 16.9 Å². The monoisotopic (exact) mass is 219 g/mol. The van der Waals surface area contributed by atoms with Crippen molar-refractivity contribution in [3.8, 4) is 0 Å². The van der Waals surface area contributed by atoms with Crippen LogP contribution in [-0.4, -0.2) is 14.6 Å². The van der Waals surface area contributed by atoms with E-state index in [9.17, 15) is 4.79 Å². The van der Waals surface area contributed by atoms with E-state index < -0.39 is 0 Å². The number of hydrogen-bond donors (Lipinski definition) is 1. The minimum Gasteiger partial charge on any atom is -0.276 e. The predicted octanol–water partition coefficient (Wildman–Crippen LogP) is 2.10. The van der Waals surface area contributed by atoms with E-state index in [4.69, 9.17) is 0 Å². The largest absolute Gasteiger partial charge is 0.276 e. The predicted molar refractivity (Wildman–Crippen MR) is 63.9 cm³/mol. The lowest BCUT2D eigenvalue weighted by molar-refractivity contribution is 0.802. The Morgan fingerprint density at radius 2 is 2.19 bits per heavy atom. The summed E-state index contributed by atoms with van der Waals surface area (Å²) in [5.74, 6) is 1.23. The number of aromatic nitrogens is 3. The molecule has 16 heavy (non-hydrogen) atoms. The van der Waals surface area contributed by atoms with Crippen LogP contribution >= 0.6 is 0 Å². The number of rotatable bonds is 3. The molecule has 0 amide bonds. The van der Waals surface area contributed by atoms with E-state index in [0.29, 0.717) is 5.92 Å². The number of fused-ring (bicyclic) bond motifs is 1. The summed E-state index contributed by atoms with van der Waals surface area (Å²) in [6, 6.07) is 3.65. The molecule has 0 aliphatic carbocycles. The molecule has 2 aromatic rings. The molecule has 0 unspecified atom stereocenters. The molecule has 2 rings (SSSR count). The Labute approximate surface area is 94.3 Å². The van der Waals surface area contributed by atoms with Crippen LogP contribution in [0.3, 0.4) is 0 Å². The number of H-pyrrole nitrogens is 1. The first-order valence-corrected chi connectivity index (χ1v) is 5.73. The molecule has 0 fully saturated rings. The maximum absolute atomic E-state index is 11.8. The van der Waals surface area contributed by atoms with Crippen LogP contribution < -0.4 is 5.56 Å². The van der Waals surface area contributed by atoms with Crippen molar-refractivity contribution in [2.75, 3.05) is 0 Å². The smallest absolute Gasteiger partial charge is 0.271 e. The zero-order valence-corrected chi connectivity index (χ0v) is 9.95. The van der Waals surface area contributed by atoms with Crippen LogP contribution in [0.5, 0.6) is 0 Å². The van der Waals surface area contributed by atoms with Gasteiger partial charge in [0.15, 0.2) is 5.65 Å². The Hall–Kier alpha value is -1.58. The van der Waals surface area contributed by atoms with Crippen molar-refractivity contribution in [1.29, 1.82) is 0 Å². The van der Waals surface area contributed by atoms with Crippen molar-refractivity contribution >= 4 is 5.65 Å². The minimum absolute atomic E-state index is 0.0314. The Kier molecular flexibility index (Phi) is 2.81. The van der Waals surface area contributed by atoms with Gasteiger partial charge in [0, 0.05) is 12.5 Å². The van der Waals surface area contributed by atoms with Crippen LogP contribution in [0.25, 0.3) is 5.65 Å². The third-order valence-corrected chi connectivity index (χ3v) is 2.68. The molecule has 4 heteroatoms. The van der Waals surface area contributed by atoms with Gasteiger partial charge in [0.1, 0.15) is 5.82 Å². The molecule has 0 saturated carbocycles. The molecule has 0 aliphatic rings. The summed E-state index contributed by atoms with van der Waals surface area (Å²) in [6.07, 6.45) is 1.89. The third kappa shape index (κ3) is 1.87. The second-order valence-electron chi connectivity index (χ2n) is 4.40. The van der Waals surface area contributed by atoms with Gasteiger partial charge in [-0.05, 0) is 24.0 Å². The van der Waals surface area contributed by atoms with Crippen molar-refractivity contribution < 1.29 is 0 Å². The van der Waals surface area contributed by atoms with Crippen LogP contribution in [0.4, 0.5) is 0 Å². The molecule has 86 valence electrons.